The third-order valence-electron chi connectivity index (χ3n) is 3.25. The number of hydrogen-bond donors (Lipinski definition) is 0. The molecule has 110 valence electrons. The molecule has 1 aromatic heterocycles. The summed E-state index contributed by atoms with van der Waals surface area (Å²) in [4.78, 5) is 24.1. The molecule has 0 fully saturated rings. The summed E-state index contributed by atoms with van der Waals surface area (Å²) in [6.45, 7) is 6.82. The van der Waals surface area contributed by atoms with E-state index >= 15 is 0 Å². The summed E-state index contributed by atoms with van der Waals surface area (Å²) in [6.07, 6.45) is 4.60. The molecule has 0 amide bonds. The van der Waals surface area contributed by atoms with E-state index < -0.39 is 6.23 Å². The predicted molar refractivity (Wildman–Crippen MR) is 74.9 cm³/mol. The highest BCUT2D eigenvalue weighted by Crippen LogP contribution is 2.19. The fourth-order valence-electron chi connectivity index (χ4n) is 2.20. The van der Waals surface area contributed by atoms with Gasteiger partial charge in [0.25, 0.3) is 5.56 Å². The zero-order chi connectivity index (χ0) is 14.7. The lowest BCUT2D eigenvalue weighted by atomic mass is 10.3. The van der Waals surface area contributed by atoms with Crippen LogP contribution in [0.2, 0.25) is 0 Å². The van der Waals surface area contributed by atoms with E-state index in [0.29, 0.717) is 25.3 Å². The van der Waals surface area contributed by atoms with Crippen LogP contribution >= 0.6 is 0 Å². The Bertz CT molecular complexity index is 615. The van der Waals surface area contributed by atoms with Gasteiger partial charge in [-0.15, -0.1) is 0 Å². The van der Waals surface area contributed by atoms with Crippen LogP contribution in [0, 0.1) is 6.92 Å². The monoisotopic (exact) mass is 280 g/mol. The van der Waals surface area contributed by atoms with Gasteiger partial charge in [0.1, 0.15) is 6.10 Å². The first kappa shape index (κ1) is 14.7. The molecule has 6 heteroatoms. The van der Waals surface area contributed by atoms with Crippen molar-refractivity contribution in [2.45, 2.75) is 39.6 Å². The molecule has 0 unspecified atom stereocenters. The lowest BCUT2D eigenvalue weighted by Crippen LogP contribution is -2.41. The fraction of sp³-hybridized carbons (Fsp3) is 0.571. The van der Waals surface area contributed by atoms with Crippen molar-refractivity contribution >= 4 is 0 Å². The topological polar surface area (TPSA) is 62.5 Å². The second-order valence-corrected chi connectivity index (χ2v) is 4.66. The van der Waals surface area contributed by atoms with E-state index in [1.54, 1.807) is 20.0 Å². The van der Waals surface area contributed by atoms with Crippen molar-refractivity contribution in [3.8, 4) is 0 Å². The van der Waals surface area contributed by atoms with E-state index in [1.807, 2.05) is 19.1 Å². The lowest BCUT2D eigenvalue weighted by Gasteiger charge is -2.18. The van der Waals surface area contributed by atoms with Gasteiger partial charge < -0.3 is 9.47 Å². The summed E-state index contributed by atoms with van der Waals surface area (Å²) in [5.74, 6) is 0. The van der Waals surface area contributed by atoms with Crippen LogP contribution in [0.15, 0.2) is 27.9 Å². The van der Waals surface area contributed by atoms with Gasteiger partial charge in [0.2, 0.25) is 0 Å². The molecule has 1 aliphatic rings. The van der Waals surface area contributed by atoms with E-state index in [0.717, 1.165) is 0 Å². The molecule has 2 atom stereocenters. The van der Waals surface area contributed by atoms with Crippen LogP contribution in [0.1, 0.15) is 25.6 Å². The van der Waals surface area contributed by atoms with Crippen LogP contribution in [0.3, 0.4) is 0 Å². The van der Waals surface area contributed by atoms with Gasteiger partial charge in [0, 0.05) is 24.9 Å². The maximum atomic E-state index is 12.3. The Balaban J connectivity index is 2.28. The molecule has 20 heavy (non-hydrogen) atoms. The van der Waals surface area contributed by atoms with E-state index in [2.05, 4.69) is 0 Å². The minimum absolute atomic E-state index is 0.158. The average molecular weight is 280 g/mol. The van der Waals surface area contributed by atoms with Gasteiger partial charge in [-0.05, 0) is 26.8 Å². The molecule has 1 aliphatic heterocycles. The van der Waals surface area contributed by atoms with Crippen LogP contribution in [0.25, 0.3) is 0 Å². The highest BCUT2D eigenvalue weighted by atomic mass is 16.5. The van der Waals surface area contributed by atoms with Crippen molar-refractivity contribution in [2.75, 3.05) is 13.2 Å². The van der Waals surface area contributed by atoms with Gasteiger partial charge in [-0.3, -0.25) is 13.9 Å². The average Bonchev–Trinajstić information content (AvgIpc) is 2.90. The van der Waals surface area contributed by atoms with E-state index in [4.69, 9.17) is 9.47 Å². The second kappa shape index (κ2) is 6.19. The summed E-state index contributed by atoms with van der Waals surface area (Å²) >= 11 is 0. The number of rotatable bonds is 5. The van der Waals surface area contributed by atoms with Gasteiger partial charge in [-0.2, -0.15) is 0 Å². The van der Waals surface area contributed by atoms with Gasteiger partial charge in [0.05, 0.1) is 6.61 Å². The third kappa shape index (κ3) is 2.76. The Morgan fingerprint density at radius 2 is 2.05 bits per heavy atom. The molecule has 0 saturated carbocycles. The second-order valence-electron chi connectivity index (χ2n) is 4.66. The molecule has 2 heterocycles. The zero-order valence-corrected chi connectivity index (χ0v) is 12.0. The van der Waals surface area contributed by atoms with E-state index in [1.165, 1.54) is 9.13 Å². The molecule has 0 bridgehead atoms. The van der Waals surface area contributed by atoms with E-state index in [9.17, 15) is 9.59 Å². The number of aromatic nitrogens is 2. The maximum absolute atomic E-state index is 12.3. The number of aryl methyl sites for hydroxylation is 1. The molecule has 0 N–H and O–H groups in total. The SMILES string of the molecule is CCOC[C@@H]1C=C[C@H](n2cc(C)c(=O)n(CC)c2=O)O1. The Morgan fingerprint density at radius 3 is 2.70 bits per heavy atom. The summed E-state index contributed by atoms with van der Waals surface area (Å²) in [6, 6.07) is 0. The molecule has 0 spiro atoms. The maximum Gasteiger partial charge on any atom is 0.333 e. The lowest BCUT2D eigenvalue weighted by molar-refractivity contribution is -0.0288. The van der Waals surface area contributed by atoms with Crippen molar-refractivity contribution in [1.29, 1.82) is 0 Å². The number of hydrogen-bond acceptors (Lipinski definition) is 4. The first-order valence-corrected chi connectivity index (χ1v) is 6.82. The largest absolute Gasteiger partial charge is 0.379 e. The summed E-state index contributed by atoms with van der Waals surface area (Å²) in [5.41, 5.74) is -0.0758. The molecule has 0 aromatic carbocycles. The van der Waals surface area contributed by atoms with Crippen LogP contribution in [0.5, 0.6) is 0 Å². The van der Waals surface area contributed by atoms with Crippen molar-refractivity contribution in [1.82, 2.24) is 9.13 Å². The Morgan fingerprint density at radius 1 is 1.30 bits per heavy atom. The summed E-state index contributed by atoms with van der Waals surface area (Å²) in [5, 5.41) is 0. The van der Waals surface area contributed by atoms with Crippen molar-refractivity contribution < 1.29 is 9.47 Å². The van der Waals surface area contributed by atoms with E-state index in [-0.39, 0.29) is 17.4 Å². The quantitative estimate of drug-likeness (QED) is 0.749. The summed E-state index contributed by atoms with van der Waals surface area (Å²) in [7, 11) is 0. The third-order valence-corrected chi connectivity index (χ3v) is 3.25. The highest BCUT2D eigenvalue weighted by Gasteiger charge is 2.22. The van der Waals surface area contributed by atoms with Crippen molar-refractivity contribution in [3.63, 3.8) is 0 Å². The van der Waals surface area contributed by atoms with Crippen LogP contribution in [-0.2, 0) is 16.0 Å². The molecule has 6 nitrogen and oxygen atoms in total. The molecular weight excluding hydrogens is 260 g/mol. The minimum atomic E-state index is -0.481. The number of nitrogens with zero attached hydrogens (tertiary/aromatic N) is 2. The molecular formula is C14H20N2O4. The van der Waals surface area contributed by atoms with Gasteiger partial charge >= 0.3 is 5.69 Å². The Labute approximate surface area is 117 Å². The zero-order valence-electron chi connectivity index (χ0n) is 12.0. The van der Waals surface area contributed by atoms with Gasteiger partial charge in [-0.1, -0.05) is 6.08 Å². The van der Waals surface area contributed by atoms with Crippen molar-refractivity contribution in [3.05, 3.63) is 44.8 Å². The molecule has 2 rings (SSSR count). The molecule has 0 aliphatic carbocycles. The highest BCUT2D eigenvalue weighted by molar-refractivity contribution is 5.07. The number of ether oxygens (including phenoxy) is 2. The fourth-order valence-corrected chi connectivity index (χ4v) is 2.20. The van der Waals surface area contributed by atoms with Gasteiger partial charge in [0.15, 0.2) is 6.23 Å². The molecule has 0 radical (unpaired) electrons. The first-order valence-electron chi connectivity index (χ1n) is 6.82. The standard InChI is InChI=1S/C14H20N2O4/c1-4-15-13(17)10(3)8-16(14(15)18)12-7-6-11(20-12)9-19-5-2/h6-8,11-12H,4-5,9H2,1-3H3/t11-,12+/m0/s1. The molecule has 0 saturated heterocycles. The van der Waals surface area contributed by atoms with Crippen LogP contribution in [0.4, 0.5) is 0 Å². The first-order chi connectivity index (χ1) is 9.58. The van der Waals surface area contributed by atoms with Gasteiger partial charge in [-0.25, -0.2) is 4.79 Å². The smallest absolute Gasteiger partial charge is 0.333 e. The normalized spacial score (nSPS) is 21.6. The van der Waals surface area contributed by atoms with Crippen molar-refractivity contribution in [2.24, 2.45) is 0 Å². The molecule has 1 aromatic rings. The van der Waals surface area contributed by atoms with Crippen LogP contribution in [-0.4, -0.2) is 28.5 Å². The summed E-state index contributed by atoms with van der Waals surface area (Å²) < 4.78 is 13.7. The Hall–Kier alpha value is -1.66. The predicted octanol–water partition coefficient (Wildman–Crippen LogP) is 0.828. The van der Waals surface area contributed by atoms with Crippen LogP contribution < -0.4 is 11.2 Å². The Kier molecular flexibility index (Phi) is 4.57. The minimum Gasteiger partial charge on any atom is -0.379 e.